The molecule has 3 N–H and O–H groups in total. The number of benzene rings is 1. The van der Waals surface area contributed by atoms with Crippen molar-refractivity contribution in [3.05, 3.63) is 34.9 Å². The van der Waals surface area contributed by atoms with Crippen LogP contribution in [0.15, 0.2) is 24.3 Å². The van der Waals surface area contributed by atoms with Crippen LogP contribution in [0.1, 0.15) is 25.3 Å². The summed E-state index contributed by atoms with van der Waals surface area (Å²) in [6, 6.07) is 7.68. The number of carbonyl (C=O) groups is 1. The highest BCUT2D eigenvalue weighted by Crippen LogP contribution is 2.18. The quantitative estimate of drug-likeness (QED) is 0.892. The molecule has 0 saturated carbocycles. The van der Waals surface area contributed by atoms with Crippen molar-refractivity contribution in [2.24, 2.45) is 5.73 Å². The number of carbonyl (C=O) groups excluding carboxylic acids is 1. The molecule has 0 bridgehead atoms. The SMILES string of the molecule is CC(Cc1ccc(Cl)cc1)NC(=O)C1(N)CCOCC1. The summed E-state index contributed by atoms with van der Waals surface area (Å²) < 4.78 is 5.25. The fraction of sp³-hybridized carbons (Fsp3) is 0.533. The molecular formula is C15H21ClN2O2. The molecule has 0 spiro atoms. The molecule has 1 unspecified atom stereocenters. The van der Waals surface area contributed by atoms with Crippen molar-refractivity contribution < 1.29 is 9.53 Å². The second-order valence-corrected chi connectivity index (χ2v) is 5.91. The van der Waals surface area contributed by atoms with Crippen LogP contribution in [0.2, 0.25) is 5.02 Å². The van der Waals surface area contributed by atoms with Gasteiger partial charge in [0.25, 0.3) is 0 Å². The number of nitrogens with one attached hydrogen (secondary N) is 1. The van der Waals surface area contributed by atoms with E-state index in [1.807, 2.05) is 31.2 Å². The predicted molar refractivity (Wildman–Crippen MR) is 79.7 cm³/mol. The lowest BCUT2D eigenvalue weighted by Gasteiger charge is -2.33. The third kappa shape index (κ3) is 3.95. The zero-order chi connectivity index (χ0) is 14.6. The van der Waals surface area contributed by atoms with Crippen LogP contribution in [0.25, 0.3) is 0 Å². The van der Waals surface area contributed by atoms with Gasteiger partial charge in [0, 0.05) is 24.3 Å². The van der Waals surface area contributed by atoms with Crippen LogP contribution in [0.4, 0.5) is 0 Å². The van der Waals surface area contributed by atoms with Crippen LogP contribution < -0.4 is 11.1 Å². The molecule has 1 aromatic rings. The van der Waals surface area contributed by atoms with E-state index < -0.39 is 5.54 Å². The molecule has 1 aliphatic rings. The first kappa shape index (κ1) is 15.3. The molecule has 4 nitrogen and oxygen atoms in total. The fourth-order valence-corrected chi connectivity index (χ4v) is 2.48. The van der Waals surface area contributed by atoms with E-state index in [9.17, 15) is 4.79 Å². The molecule has 1 saturated heterocycles. The van der Waals surface area contributed by atoms with E-state index in [2.05, 4.69) is 5.32 Å². The molecule has 0 aliphatic carbocycles. The van der Waals surface area contributed by atoms with Crippen LogP contribution in [0.5, 0.6) is 0 Å². The molecule has 110 valence electrons. The second kappa shape index (κ2) is 6.57. The van der Waals surface area contributed by atoms with Gasteiger partial charge in [-0.3, -0.25) is 4.79 Å². The monoisotopic (exact) mass is 296 g/mol. The van der Waals surface area contributed by atoms with Crippen LogP contribution >= 0.6 is 11.6 Å². The zero-order valence-electron chi connectivity index (χ0n) is 11.7. The maximum absolute atomic E-state index is 12.3. The van der Waals surface area contributed by atoms with Gasteiger partial charge in [0.1, 0.15) is 0 Å². The average molecular weight is 297 g/mol. The van der Waals surface area contributed by atoms with E-state index >= 15 is 0 Å². The normalized spacial score (nSPS) is 19.4. The Hall–Kier alpha value is -1.10. The highest BCUT2D eigenvalue weighted by atomic mass is 35.5. The largest absolute Gasteiger partial charge is 0.381 e. The summed E-state index contributed by atoms with van der Waals surface area (Å²) in [4.78, 5) is 12.3. The van der Waals surface area contributed by atoms with Crippen molar-refractivity contribution >= 4 is 17.5 Å². The number of ether oxygens (including phenoxy) is 1. The van der Waals surface area contributed by atoms with Crippen molar-refractivity contribution in [2.75, 3.05) is 13.2 Å². The predicted octanol–water partition coefficient (Wildman–Crippen LogP) is 1.90. The number of hydrogen-bond acceptors (Lipinski definition) is 3. The van der Waals surface area contributed by atoms with Gasteiger partial charge in [0.2, 0.25) is 5.91 Å². The molecule has 20 heavy (non-hydrogen) atoms. The van der Waals surface area contributed by atoms with Crippen molar-refractivity contribution in [3.8, 4) is 0 Å². The van der Waals surface area contributed by atoms with Gasteiger partial charge in [-0.1, -0.05) is 23.7 Å². The van der Waals surface area contributed by atoms with Crippen molar-refractivity contribution in [2.45, 2.75) is 37.8 Å². The second-order valence-electron chi connectivity index (χ2n) is 5.47. The third-order valence-electron chi connectivity index (χ3n) is 3.67. The number of halogens is 1. The first-order valence-corrected chi connectivity index (χ1v) is 7.29. The van der Waals surface area contributed by atoms with Crippen LogP contribution in [-0.4, -0.2) is 30.7 Å². The van der Waals surface area contributed by atoms with Crippen molar-refractivity contribution in [1.82, 2.24) is 5.32 Å². The first-order valence-electron chi connectivity index (χ1n) is 6.92. The molecule has 0 aromatic heterocycles. The maximum Gasteiger partial charge on any atom is 0.240 e. The number of rotatable bonds is 4. The number of nitrogens with two attached hydrogens (primary N) is 1. The van der Waals surface area contributed by atoms with Gasteiger partial charge in [-0.25, -0.2) is 0 Å². The molecule has 1 amide bonds. The molecule has 1 aliphatic heterocycles. The highest BCUT2D eigenvalue weighted by Gasteiger charge is 2.36. The van der Waals surface area contributed by atoms with Crippen LogP contribution in [-0.2, 0) is 16.0 Å². The minimum Gasteiger partial charge on any atom is -0.381 e. The average Bonchev–Trinajstić information content (AvgIpc) is 2.42. The lowest BCUT2D eigenvalue weighted by atomic mass is 9.90. The summed E-state index contributed by atoms with van der Waals surface area (Å²) in [5.41, 5.74) is 6.51. The van der Waals surface area contributed by atoms with E-state index in [0.29, 0.717) is 31.1 Å². The fourth-order valence-electron chi connectivity index (χ4n) is 2.36. The first-order chi connectivity index (χ1) is 9.49. The molecule has 1 aromatic carbocycles. The van der Waals surface area contributed by atoms with Crippen molar-refractivity contribution in [1.29, 1.82) is 0 Å². The van der Waals surface area contributed by atoms with E-state index in [1.165, 1.54) is 0 Å². The van der Waals surface area contributed by atoms with Crippen LogP contribution in [0.3, 0.4) is 0 Å². The van der Waals surface area contributed by atoms with Gasteiger partial charge in [-0.05, 0) is 43.9 Å². The summed E-state index contributed by atoms with van der Waals surface area (Å²) in [5, 5.41) is 3.72. The Balaban J connectivity index is 1.88. The number of amides is 1. The smallest absolute Gasteiger partial charge is 0.240 e. The summed E-state index contributed by atoms with van der Waals surface area (Å²) in [6.07, 6.45) is 1.91. The Morgan fingerprint density at radius 3 is 2.60 bits per heavy atom. The Kier molecular flexibility index (Phi) is 5.02. The lowest BCUT2D eigenvalue weighted by Crippen LogP contribution is -2.58. The Morgan fingerprint density at radius 1 is 1.40 bits per heavy atom. The Bertz CT molecular complexity index is 455. The maximum atomic E-state index is 12.3. The standard InChI is InChI=1S/C15H21ClN2O2/c1-11(10-12-2-4-13(16)5-3-12)18-14(19)15(17)6-8-20-9-7-15/h2-5,11H,6-10,17H2,1H3,(H,18,19). The Labute approximate surface area is 124 Å². The summed E-state index contributed by atoms with van der Waals surface area (Å²) >= 11 is 5.85. The van der Waals surface area contributed by atoms with Gasteiger partial charge >= 0.3 is 0 Å². The van der Waals surface area contributed by atoms with Crippen LogP contribution in [0, 0.1) is 0 Å². The van der Waals surface area contributed by atoms with E-state index in [0.717, 1.165) is 12.0 Å². The van der Waals surface area contributed by atoms with Gasteiger partial charge in [0.05, 0.1) is 5.54 Å². The number of hydrogen-bond donors (Lipinski definition) is 2. The molecule has 5 heteroatoms. The third-order valence-corrected chi connectivity index (χ3v) is 3.92. The minimum absolute atomic E-state index is 0.0342. The lowest BCUT2D eigenvalue weighted by molar-refractivity contribution is -0.130. The zero-order valence-corrected chi connectivity index (χ0v) is 12.5. The molecule has 1 fully saturated rings. The van der Waals surface area contributed by atoms with E-state index in [1.54, 1.807) is 0 Å². The summed E-state index contributed by atoms with van der Waals surface area (Å²) in [6.45, 7) is 3.08. The molecule has 1 atom stereocenters. The molecule has 2 rings (SSSR count). The summed E-state index contributed by atoms with van der Waals surface area (Å²) in [5.74, 6) is -0.0812. The highest BCUT2D eigenvalue weighted by molar-refractivity contribution is 6.30. The van der Waals surface area contributed by atoms with E-state index in [-0.39, 0.29) is 11.9 Å². The molecular weight excluding hydrogens is 276 g/mol. The molecule has 0 radical (unpaired) electrons. The summed E-state index contributed by atoms with van der Waals surface area (Å²) in [7, 11) is 0. The minimum atomic E-state index is -0.785. The van der Waals surface area contributed by atoms with Gasteiger partial charge < -0.3 is 15.8 Å². The van der Waals surface area contributed by atoms with Gasteiger partial charge in [0.15, 0.2) is 0 Å². The van der Waals surface area contributed by atoms with E-state index in [4.69, 9.17) is 22.1 Å². The Morgan fingerprint density at radius 2 is 2.00 bits per heavy atom. The molecule has 1 heterocycles. The van der Waals surface area contributed by atoms with Gasteiger partial charge in [-0.2, -0.15) is 0 Å². The van der Waals surface area contributed by atoms with Crippen molar-refractivity contribution in [3.63, 3.8) is 0 Å². The van der Waals surface area contributed by atoms with Gasteiger partial charge in [-0.15, -0.1) is 0 Å². The topological polar surface area (TPSA) is 64.4 Å².